The van der Waals surface area contributed by atoms with Gasteiger partial charge in [0.25, 0.3) is 0 Å². The molecular formula is C27H33N3O4. The van der Waals surface area contributed by atoms with Crippen LogP contribution < -0.4 is 0 Å². The van der Waals surface area contributed by atoms with Crippen molar-refractivity contribution < 1.29 is 20.1 Å². The Kier molecular flexibility index (Phi) is 4.53. The molecule has 1 unspecified atom stereocenters. The number of aliphatic carboxylic acids is 1. The first kappa shape index (κ1) is 22.0. The minimum absolute atomic E-state index is 0.0430. The Hall–Kier alpha value is -2.51. The Morgan fingerprint density at radius 2 is 2.06 bits per heavy atom. The summed E-state index contributed by atoms with van der Waals surface area (Å²) in [6.45, 7) is 6.14. The van der Waals surface area contributed by atoms with Crippen LogP contribution in [0, 0.1) is 35.5 Å². The summed E-state index contributed by atoms with van der Waals surface area (Å²) >= 11 is 0. The SMILES string of the molecule is Cc1cc(-n2ncc3c2C=C2CC[C@@H]4[C@H]([C@@H](O)C[C@@]5(C)[C@H]4CCC5(O)C(=O)O)[C@@]2(C)C3)ccn1. The second-order valence-electron chi connectivity index (χ2n) is 11.6. The monoisotopic (exact) mass is 463 g/mol. The average Bonchev–Trinajstić information content (AvgIpc) is 3.29. The van der Waals surface area contributed by atoms with E-state index in [9.17, 15) is 20.1 Å². The van der Waals surface area contributed by atoms with Crippen molar-refractivity contribution in [1.29, 1.82) is 0 Å². The molecule has 2 aromatic heterocycles. The Balaban J connectivity index is 1.39. The number of carboxylic acids is 1. The summed E-state index contributed by atoms with van der Waals surface area (Å²) in [6.07, 6.45) is 9.32. The van der Waals surface area contributed by atoms with E-state index in [2.05, 4.69) is 18.0 Å². The van der Waals surface area contributed by atoms with Crippen molar-refractivity contribution in [1.82, 2.24) is 14.8 Å². The minimum Gasteiger partial charge on any atom is -0.479 e. The topological polar surface area (TPSA) is 108 Å². The molecule has 2 heterocycles. The molecular weight excluding hydrogens is 430 g/mol. The van der Waals surface area contributed by atoms with Crippen molar-refractivity contribution in [2.24, 2.45) is 28.6 Å². The van der Waals surface area contributed by atoms with Crippen LogP contribution >= 0.6 is 0 Å². The number of aliphatic hydroxyl groups excluding tert-OH is 1. The van der Waals surface area contributed by atoms with Gasteiger partial charge in [0.05, 0.1) is 23.7 Å². The van der Waals surface area contributed by atoms with Crippen molar-refractivity contribution in [3.8, 4) is 5.69 Å². The molecule has 3 saturated carbocycles. The van der Waals surface area contributed by atoms with E-state index < -0.39 is 23.1 Å². The summed E-state index contributed by atoms with van der Waals surface area (Å²) in [7, 11) is 0. The zero-order valence-corrected chi connectivity index (χ0v) is 20.0. The van der Waals surface area contributed by atoms with Crippen molar-refractivity contribution in [3.05, 3.63) is 47.1 Å². The quantitative estimate of drug-likeness (QED) is 0.629. The van der Waals surface area contributed by atoms with E-state index in [1.165, 1.54) is 11.1 Å². The van der Waals surface area contributed by atoms with Gasteiger partial charge in [-0.2, -0.15) is 5.10 Å². The van der Waals surface area contributed by atoms with Gasteiger partial charge in [0, 0.05) is 17.3 Å². The maximum absolute atomic E-state index is 12.1. The van der Waals surface area contributed by atoms with Gasteiger partial charge in [-0.3, -0.25) is 4.98 Å². The van der Waals surface area contributed by atoms with E-state index in [0.717, 1.165) is 36.3 Å². The lowest BCUT2D eigenvalue weighted by Crippen LogP contribution is -2.61. The molecule has 6 rings (SSSR count). The number of hydrogen-bond donors (Lipinski definition) is 3. The van der Waals surface area contributed by atoms with Crippen molar-refractivity contribution in [3.63, 3.8) is 0 Å². The zero-order chi connectivity index (χ0) is 24.0. The average molecular weight is 464 g/mol. The van der Waals surface area contributed by atoms with E-state index in [1.807, 2.05) is 36.9 Å². The Morgan fingerprint density at radius 1 is 1.26 bits per heavy atom. The maximum atomic E-state index is 12.1. The van der Waals surface area contributed by atoms with Gasteiger partial charge in [0.1, 0.15) is 0 Å². The van der Waals surface area contributed by atoms with E-state index in [4.69, 9.17) is 5.10 Å². The van der Waals surface area contributed by atoms with Crippen LogP contribution in [0.15, 0.2) is 30.1 Å². The van der Waals surface area contributed by atoms with Crippen molar-refractivity contribution in [2.75, 3.05) is 0 Å². The van der Waals surface area contributed by atoms with E-state index in [1.54, 1.807) is 6.20 Å². The lowest BCUT2D eigenvalue weighted by atomic mass is 9.45. The molecule has 0 bridgehead atoms. The number of pyridine rings is 1. The van der Waals surface area contributed by atoms with Crippen molar-refractivity contribution in [2.45, 2.75) is 71.0 Å². The first-order valence-electron chi connectivity index (χ1n) is 12.4. The van der Waals surface area contributed by atoms with E-state index >= 15 is 0 Å². The van der Waals surface area contributed by atoms with Gasteiger partial charge in [0.2, 0.25) is 0 Å². The number of aryl methyl sites for hydroxylation is 1. The molecule has 180 valence electrons. The van der Waals surface area contributed by atoms with Crippen LogP contribution in [0.5, 0.6) is 0 Å². The molecule has 7 nitrogen and oxygen atoms in total. The van der Waals surface area contributed by atoms with Gasteiger partial charge in [-0.05, 0) is 92.4 Å². The van der Waals surface area contributed by atoms with Gasteiger partial charge in [-0.25, -0.2) is 9.48 Å². The first-order valence-corrected chi connectivity index (χ1v) is 12.4. The lowest BCUT2D eigenvalue weighted by molar-refractivity contribution is -0.193. The van der Waals surface area contributed by atoms with Crippen LogP contribution in [0.3, 0.4) is 0 Å². The predicted octanol–water partition coefficient (Wildman–Crippen LogP) is 3.54. The summed E-state index contributed by atoms with van der Waals surface area (Å²) in [5.41, 5.74) is 2.80. The van der Waals surface area contributed by atoms with Crippen LogP contribution in [0.1, 0.15) is 62.9 Å². The third kappa shape index (κ3) is 2.68. The summed E-state index contributed by atoms with van der Waals surface area (Å²) in [5, 5.41) is 37.3. The van der Waals surface area contributed by atoms with Gasteiger partial charge < -0.3 is 15.3 Å². The Morgan fingerprint density at radius 3 is 2.79 bits per heavy atom. The fourth-order valence-corrected chi connectivity index (χ4v) is 8.41. The number of allylic oxidation sites excluding steroid dienone is 1. The molecule has 7 heteroatoms. The van der Waals surface area contributed by atoms with E-state index in [-0.39, 0.29) is 29.6 Å². The fraction of sp³-hybridized carbons (Fsp3) is 0.593. The molecule has 0 radical (unpaired) electrons. The number of carboxylic acid groups (broad SMARTS) is 1. The molecule has 0 aromatic carbocycles. The predicted molar refractivity (Wildman–Crippen MR) is 126 cm³/mol. The Labute approximate surface area is 199 Å². The second-order valence-corrected chi connectivity index (χ2v) is 11.6. The highest BCUT2D eigenvalue weighted by Gasteiger charge is 2.68. The molecule has 3 N–H and O–H groups in total. The van der Waals surface area contributed by atoms with Crippen LogP contribution in [0.25, 0.3) is 11.8 Å². The highest BCUT2D eigenvalue weighted by atomic mass is 16.4. The standard InChI is InChI=1S/C27H33N3O4/c1-15-10-18(7-9-28-15)30-21-11-17-4-5-19-20-6-8-27(34,24(32)33)26(20,3)13-22(31)23(19)25(17,2)12-16(21)14-29-30/h7,9-11,14,19-20,22-23,31,34H,4-6,8,12-13H2,1-3H3,(H,32,33)/t19-,20-,22-,23+,25-,26-,27?/m0/s1. The maximum Gasteiger partial charge on any atom is 0.336 e. The van der Waals surface area contributed by atoms with Crippen LogP contribution in [-0.2, 0) is 11.2 Å². The van der Waals surface area contributed by atoms with Crippen LogP contribution in [-0.4, -0.2) is 47.8 Å². The summed E-state index contributed by atoms with van der Waals surface area (Å²) in [4.78, 5) is 16.4. The molecule has 34 heavy (non-hydrogen) atoms. The number of nitrogens with zero attached hydrogens (tertiary/aromatic N) is 3. The number of rotatable bonds is 2. The number of carbonyl (C=O) groups is 1. The smallest absolute Gasteiger partial charge is 0.336 e. The molecule has 0 aliphatic heterocycles. The van der Waals surface area contributed by atoms with Gasteiger partial charge in [-0.15, -0.1) is 0 Å². The molecule has 0 spiro atoms. The fourth-order valence-electron chi connectivity index (χ4n) is 8.41. The van der Waals surface area contributed by atoms with Gasteiger partial charge in [0.15, 0.2) is 5.60 Å². The number of aliphatic hydroxyl groups is 2. The third-order valence-electron chi connectivity index (χ3n) is 10.1. The normalized spacial score (nSPS) is 40.6. The highest BCUT2D eigenvalue weighted by Crippen LogP contribution is 2.67. The summed E-state index contributed by atoms with van der Waals surface area (Å²) in [6, 6.07) is 4.00. The highest BCUT2D eigenvalue weighted by molar-refractivity contribution is 5.79. The van der Waals surface area contributed by atoms with Gasteiger partial charge >= 0.3 is 5.97 Å². The summed E-state index contributed by atoms with van der Waals surface area (Å²) in [5.74, 6) is -0.804. The molecule has 7 atom stereocenters. The van der Waals surface area contributed by atoms with Crippen molar-refractivity contribution >= 4 is 12.0 Å². The summed E-state index contributed by atoms with van der Waals surface area (Å²) < 4.78 is 1.99. The molecule has 4 aliphatic rings. The number of aromatic nitrogens is 3. The van der Waals surface area contributed by atoms with Crippen LogP contribution in [0.2, 0.25) is 0 Å². The second kappa shape index (κ2) is 7.01. The largest absolute Gasteiger partial charge is 0.479 e. The lowest BCUT2D eigenvalue weighted by Gasteiger charge is -2.60. The van der Waals surface area contributed by atoms with E-state index in [0.29, 0.717) is 12.8 Å². The molecule has 2 aromatic rings. The molecule has 4 aliphatic carbocycles. The first-order chi connectivity index (χ1) is 16.1. The molecule has 0 saturated heterocycles. The number of fused-ring (bicyclic) bond motifs is 6. The molecule has 3 fully saturated rings. The third-order valence-corrected chi connectivity index (χ3v) is 10.1. The minimum atomic E-state index is -1.76. The number of hydrogen-bond acceptors (Lipinski definition) is 5. The molecule has 0 amide bonds. The van der Waals surface area contributed by atoms with Crippen LogP contribution in [0.4, 0.5) is 0 Å². The zero-order valence-electron chi connectivity index (χ0n) is 20.0. The van der Waals surface area contributed by atoms with Gasteiger partial charge in [-0.1, -0.05) is 19.4 Å². The Bertz CT molecular complexity index is 1220.